The Kier molecular flexibility index (Phi) is 6.35. The lowest BCUT2D eigenvalue weighted by atomic mass is 10.3. The van der Waals surface area contributed by atoms with E-state index in [1.165, 1.54) is 18.2 Å². The summed E-state index contributed by atoms with van der Waals surface area (Å²) in [6.45, 7) is 2.16. The van der Waals surface area contributed by atoms with Crippen LogP contribution < -0.4 is 15.4 Å². The van der Waals surface area contributed by atoms with Crippen molar-refractivity contribution in [2.45, 2.75) is 13.3 Å². The van der Waals surface area contributed by atoms with Crippen LogP contribution in [0.1, 0.15) is 13.3 Å². The van der Waals surface area contributed by atoms with E-state index in [-0.39, 0.29) is 24.8 Å². The van der Waals surface area contributed by atoms with Crippen LogP contribution in [0.3, 0.4) is 0 Å². The summed E-state index contributed by atoms with van der Waals surface area (Å²) in [7, 11) is 0. The molecule has 2 N–H and O–H groups in total. The van der Waals surface area contributed by atoms with E-state index < -0.39 is 11.7 Å². The minimum absolute atomic E-state index is 0.0919. The zero-order valence-corrected chi connectivity index (χ0v) is 10.7. The second-order valence-corrected chi connectivity index (χ2v) is 3.87. The SMILES string of the molecule is CCCNC(=O)CNC(=O)COc1cccc(F)c1. The molecule has 0 saturated heterocycles. The Morgan fingerprint density at radius 1 is 1.26 bits per heavy atom. The van der Waals surface area contributed by atoms with Gasteiger partial charge in [0.1, 0.15) is 11.6 Å². The van der Waals surface area contributed by atoms with E-state index in [9.17, 15) is 14.0 Å². The van der Waals surface area contributed by atoms with Crippen molar-refractivity contribution in [3.8, 4) is 5.75 Å². The Labute approximate surface area is 111 Å². The van der Waals surface area contributed by atoms with Crippen LogP contribution in [0.2, 0.25) is 0 Å². The summed E-state index contributed by atoms with van der Waals surface area (Å²) in [5.41, 5.74) is 0. The van der Waals surface area contributed by atoms with E-state index in [0.717, 1.165) is 6.42 Å². The summed E-state index contributed by atoms with van der Waals surface area (Å²) in [6.07, 6.45) is 0.836. The van der Waals surface area contributed by atoms with Crippen molar-refractivity contribution in [3.05, 3.63) is 30.1 Å². The third-order valence-corrected chi connectivity index (χ3v) is 2.18. The van der Waals surface area contributed by atoms with E-state index in [2.05, 4.69) is 10.6 Å². The fourth-order valence-electron chi connectivity index (χ4n) is 1.26. The van der Waals surface area contributed by atoms with Gasteiger partial charge in [0.2, 0.25) is 5.91 Å². The molecule has 0 aliphatic rings. The zero-order chi connectivity index (χ0) is 14.1. The molecule has 6 heteroatoms. The van der Waals surface area contributed by atoms with Crippen LogP contribution in [0.25, 0.3) is 0 Å². The second kappa shape index (κ2) is 8.07. The maximum Gasteiger partial charge on any atom is 0.258 e. The van der Waals surface area contributed by atoms with Gasteiger partial charge in [-0.3, -0.25) is 9.59 Å². The predicted molar refractivity (Wildman–Crippen MR) is 68.2 cm³/mol. The number of halogens is 1. The number of hydrogen-bond donors (Lipinski definition) is 2. The molecule has 1 aromatic carbocycles. The molecule has 104 valence electrons. The third kappa shape index (κ3) is 6.40. The minimum Gasteiger partial charge on any atom is -0.484 e. The molecule has 0 aromatic heterocycles. The lowest BCUT2D eigenvalue weighted by Gasteiger charge is -2.07. The minimum atomic E-state index is -0.434. The highest BCUT2D eigenvalue weighted by atomic mass is 19.1. The lowest BCUT2D eigenvalue weighted by molar-refractivity contribution is -0.127. The van der Waals surface area contributed by atoms with E-state index in [1.807, 2.05) is 6.92 Å². The average molecular weight is 268 g/mol. The average Bonchev–Trinajstić information content (AvgIpc) is 2.40. The van der Waals surface area contributed by atoms with Crippen LogP contribution in [0.15, 0.2) is 24.3 Å². The summed E-state index contributed by atoms with van der Waals surface area (Å²) >= 11 is 0. The Balaban J connectivity index is 2.23. The molecule has 2 amide bonds. The second-order valence-electron chi connectivity index (χ2n) is 3.87. The van der Waals surface area contributed by atoms with Gasteiger partial charge in [-0.05, 0) is 18.6 Å². The molecule has 0 heterocycles. The molecule has 0 fully saturated rings. The van der Waals surface area contributed by atoms with Crippen molar-refractivity contribution < 1.29 is 18.7 Å². The van der Waals surface area contributed by atoms with Crippen molar-refractivity contribution in [1.82, 2.24) is 10.6 Å². The van der Waals surface area contributed by atoms with Gasteiger partial charge < -0.3 is 15.4 Å². The molecule has 0 unspecified atom stereocenters. The molecule has 19 heavy (non-hydrogen) atoms. The summed E-state index contributed by atoms with van der Waals surface area (Å²) in [4.78, 5) is 22.6. The number of ether oxygens (including phenoxy) is 1. The molecule has 1 rings (SSSR count). The van der Waals surface area contributed by atoms with Gasteiger partial charge in [-0.2, -0.15) is 0 Å². The molecule has 0 bridgehead atoms. The van der Waals surface area contributed by atoms with Crippen LogP contribution in [-0.4, -0.2) is 31.5 Å². The Morgan fingerprint density at radius 2 is 2.05 bits per heavy atom. The van der Waals surface area contributed by atoms with Crippen molar-refractivity contribution >= 4 is 11.8 Å². The molecule has 0 aliphatic heterocycles. The van der Waals surface area contributed by atoms with Gasteiger partial charge >= 0.3 is 0 Å². The smallest absolute Gasteiger partial charge is 0.258 e. The third-order valence-electron chi connectivity index (χ3n) is 2.18. The van der Waals surface area contributed by atoms with Crippen LogP contribution in [-0.2, 0) is 9.59 Å². The van der Waals surface area contributed by atoms with Crippen molar-refractivity contribution in [2.24, 2.45) is 0 Å². The highest BCUT2D eigenvalue weighted by Crippen LogP contribution is 2.11. The molecular formula is C13H17FN2O3. The number of amides is 2. The van der Waals surface area contributed by atoms with E-state index >= 15 is 0 Å². The van der Waals surface area contributed by atoms with Crippen molar-refractivity contribution in [2.75, 3.05) is 19.7 Å². The van der Waals surface area contributed by atoms with E-state index in [0.29, 0.717) is 6.54 Å². The molecule has 0 saturated carbocycles. The number of hydrogen-bond acceptors (Lipinski definition) is 3. The fraction of sp³-hybridized carbons (Fsp3) is 0.385. The van der Waals surface area contributed by atoms with Crippen LogP contribution in [0, 0.1) is 5.82 Å². The summed E-state index contributed by atoms with van der Waals surface area (Å²) in [6, 6.07) is 5.50. The van der Waals surface area contributed by atoms with Gasteiger partial charge in [-0.25, -0.2) is 4.39 Å². The topological polar surface area (TPSA) is 67.4 Å². The van der Waals surface area contributed by atoms with Crippen LogP contribution in [0.4, 0.5) is 4.39 Å². The summed E-state index contributed by atoms with van der Waals surface area (Å²) < 4.78 is 17.9. The largest absolute Gasteiger partial charge is 0.484 e. The predicted octanol–water partition coefficient (Wildman–Crippen LogP) is 0.847. The first-order valence-corrected chi connectivity index (χ1v) is 6.03. The van der Waals surface area contributed by atoms with Gasteiger partial charge in [0.25, 0.3) is 5.91 Å². The molecular weight excluding hydrogens is 251 g/mol. The lowest BCUT2D eigenvalue weighted by Crippen LogP contribution is -2.39. The Bertz CT molecular complexity index is 438. The van der Waals surface area contributed by atoms with E-state index in [1.54, 1.807) is 6.07 Å². The molecule has 0 aliphatic carbocycles. The van der Waals surface area contributed by atoms with Crippen LogP contribution >= 0.6 is 0 Å². The highest BCUT2D eigenvalue weighted by molar-refractivity contribution is 5.85. The zero-order valence-electron chi connectivity index (χ0n) is 10.7. The van der Waals surface area contributed by atoms with Gasteiger partial charge in [0.05, 0.1) is 6.54 Å². The Morgan fingerprint density at radius 3 is 2.74 bits per heavy atom. The van der Waals surface area contributed by atoms with Crippen molar-refractivity contribution in [3.63, 3.8) is 0 Å². The maximum atomic E-state index is 12.8. The Hall–Kier alpha value is -2.11. The molecule has 0 atom stereocenters. The first kappa shape index (κ1) is 14.9. The standard InChI is InChI=1S/C13H17FN2O3/c1-2-6-15-12(17)8-16-13(18)9-19-11-5-3-4-10(14)7-11/h3-5,7H,2,6,8-9H2,1H3,(H,15,17)(H,16,18). The summed E-state index contributed by atoms with van der Waals surface area (Å²) in [5.74, 6) is -0.848. The highest BCUT2D eigenvalue weighted by Gasteiger charge is 2.06. The van der Waals surface area contributed by atoms with Gasteiger partial charge in [-0.1, -0.05) is 13.0 Å². The normalized spacial score (nSPS) is 9.79. The molecule has 0 radical (unpaired) electrons. The van der Waals surface area contributed by atoms with Gasteiger partial charge in [0.15, 0.2) is 6.61 Å². The van der Waals surface area contributed by atoms with Gasteiger partial charge in [-0.15, -0.1) is 0 Å². The van der Waals surface area contributed by atoms with Crippen LogP contribution in [0.5, 0.6) is 5.75 Å². The quantitative estimate of drug-likeness (QED) is 0.770. The number of carbonyl (C=O) groups is 2. The maximum absolute atomic E-state index is 12.8. The monoisotopic (exact) mass is 268 g/mol. The van der Waals surface area contributed by atoms with Gasteiger partial charge in [0, 0.05) is 12.6 Å². The summed E-state index contributed by atoms with van der Waals surface area (Å²) in [5, 5.41) is 5.03. The first-order chi connectivity index (χ1) is 9.11. The first-order valence-electron chi connectivity index (χ1n) is 6.03. The number of carbonyl (C=O) groups excluding carboxylic acids is 2. The fourth-order valence-corrected chi connectivity index (χ4v) is 1.26. The number of benzene rings is 1. The van der Waals surface area contributed by atoms with E-state index in [4.69, 9.17) is 4.74 Å². The molecule has 5 nitrogen and oxygen atoms in total. The number of nitrogens with one attached hydrogen (secondary N) is 2. The molecule has 1 aromatic rings. The number of rotatable bonds is 7. The van der Waals surface area contributed by atoms with Crippen molar-refractivity contribution in [1.29, 1.82) is 0 Å². The molecule has 0 spiro atoms.